The van der Waals surface area contributed by atoms with Gasteiger partial charge in [0.2, 0.25) is 11.8 Å². The number of nitrogens with one attached hydrogen (secondary N) is 3. The van der Waals surface area contributed by atoms with Crippen LogP contribution in [0.3, 0.4) is 0 Å². The number of rotatable bonds is 9. The van der Waals surface area contributed by atoms with Gasteiger partial charge in [0.1, 0.15) is 17.7 Å². The van der Waals surface area contributed by atoms with Crippen molar-refractivity contribution in [3.8, 4) is 22.4 Å². The van der Waals surface area contributed by atoms with Crippen LogP contribution >= 0.6 is 0 Å². The summed E-state index contributed by atoms with van der Waals surface area (Å²) in [5.74, 6) is 1.59. The van der Waals surface area contributed by atoms with Gasteiger partial charge in [-0.05, 0) is 109 Å². The minimum atomic E-state index is -0.678. The smallest absolute Gasteiger partial charge is 0.407 e. The number of imidazole rings is 2. The molecule has 0 unspecified atom stereocenters. The number of hydrogen-bond acceptors (Lipinski definition) is 9. The highest BCUT2D eigenvalue weighted by molar-refractivity contribution is 5.92. The van der Waals surface area contributed by atoms with E-state index < -0.39 is 18.2 Å². The first-order valence-corrected chi connectivity index (χ1v) is 20.8. The maximum absolute atomic E-state index is 14.0. The van der Waals surface area contributed by atoms with Crippen LogP contribution in [-0.2, 0) is 23.8 Å². The van der Waals surface area contributed by atoms with Crippen LogP contribution in [0.5, 0.6) is 0 Å². The third-order valence-corrected chi connectivity index (χ3v) is 12.8. The minimum absolute atomic E-state index is 0.0147. The molecule has 14 nitrogen and oxygen atoms in total. The molecule has 3 aromatic carbocycles. The lowest BCUT2D eigenvalue weighted by atomic mass is 9.90. The van der Waals surface area contributed by atoms with Crippen LogP contribution in [0.2, 0.25) is 0 Å². The van der Waals surface area contributed by atoms with E-state index in [0.717, 1.165) is 94.4 Å². The molecule has 4 atom stereocenters. The topological polar surface area (TPSA) is 181 Å². The summed E-state index contributed by atoms with van der Waals surface area (Å²) in [6.07, 6.45) is 7.69. The van der Waals surface area contributed by atoms with Crippen molar-refractivity contribution in [3.63, 3.8) is 0 Å². The Bertz CT molecular complexity index is 2290. The Morgan fingerprint density at radius 2 is 1.36 bits per heavy atom. The molecule has 58 heavy (non-hydrogen) atoms. The van der Waals surface area contributed by atoms with E-state index in [2.05, 4.69) is 63.8 Å². The molecule has 2 aromatic heterocycles. The number of nitrogens with two attached hydrogens (primary N) is 1. The van der Waals surface area contributed by atoms with Gasteiger partial charge in [-0.25, -0.2) is 14.8 Å². The van der Waals surface area contributed by atoms with Crippen molar-refractivity contribution >= 4 is 39.7 Å². The summed E-state index contributed by atoms with van der Waals surface area (Å²) in [5, 5.41) is 5.03. The lowest BCUT2D eigenvalue weighted by molar-refractivity contribution is -0.137. The second-order valence-electron chi connectivity index (χ2n) is 16.2. The van der Waals surface area contributed by atoms with Gasteiger partial charge in [0, 0.05) is 45.1 Å². The highest BCUT2D eigenvalue weighted by Gasteiger charge is 2.41. The van der Waals surface area contributed by atoms with Crippen molar-refractivity contribution in [2.24, 2.45) is 17.6 Å². The van der Waals surface area contributed by atoms with Crippen LogP contribution in [0.25, 0.3) is 44.2 Å². The Balaban J connectivity index is 0.899. The molecule has 14 heteroatoms. The van der Waals surface area contributed by atoms with Crippen LogP contribution in [0.4, 0.5) is 4.79 Å². The molecule has 4 aliphatic heterocycles. The molecule has 0 radical (unpaired) electrons. The second kappa shape index (κ2) is 16.5. The number of amides is 3. The summed E-state index contributed by atoms with van der Waals surface area (Å²) in [6.45, 7) is 3.75. The number of alkyl carbamates (subject to hydrolysis) is 1. The van der Waals surface area contributed by atoms with Gasteiger partial charge in [0.25, 0.3) is 0 Å². The second-order valence-corrected chi connectivity index (χ2v) is 16.2. The molecule has 0 bridgehead atoms. The first-order valence-electron chi connectivity index (χ1n) is 20.8. The average Bonchev–Trinajstić information content (AvgIpc) is 4.11. The zero-order valence-corrected chi connectivity index (χ0v) is 33.0. The van der Waals surface area contributed by atoms with Gasteiger partial charge in [-0.1, -0.05) is 30.3 Å². The quantitative estimate of drug-likeness (QED) is 0.139. The molecule has 0 aliphatic carbocycles. The van der Waals surface area contributed by atoms with Crippen molar-refractivity contribution < 1.29 is 28.6 Å². The number of carbonyl (C=O) groups is 3. The number of benzene rings is 3. The van der Waals surface area contributed by atoms with E-state index in [1.54, 1.807) is 0 Å². The summed E-state index contributed by atoms with van der Waals surface area (Å²) in [6, 6.07) is 17.6. The number of aromatic amines is 2. The molecule has 0 saturated carbocycles. The molecule has 6 heterocycles. The summed E-state index contributed by atoms with van der Waals surface area (Å²) >= 11 is 0. The molecule has 4 aliphatic rings. The fourth-order valence-electron chi connectivity index (χ4n) is 9.50. The minimum Gasteiger partial charge on any atom is -0.453 e. The summed E-state index contributed by atoms with van der Waals surface area (Å²) in [4.78, 5) is 60.4. The standard InChI is InChI=1S/C44H52N8O6/c1-56-44(55)50-39(27-14-20-58-21-15-27)43(54)52-17-2-4-36(52)40-46-25-35(49-40)32-9-8-28-22-29(6-7-30(28)23-32)31-10-11-33-34(24-31)48-41(47-33)37-5-3-16-51(37)42(53)38(45)26-12-18-57-19-13-26/h6-11,22-27,36-39H,2-5,12-21,45H2,1H3,(H,46,49)(H,47,48)(H,50,55)/t36-,37-,38-,39-/m0/s1. The van der Waals surface area contributed by atoms with E-state index in [9.17, 15) is 14.4 Å². The molecule has 4 fully saturated rings. The average molecular weight is 789 g/mol. The summed E-state index contributed by atoms with van der Waals surface area (Å²) in [5.41, 5.74) is 12.4. The molecule has 4 saturated heterocycles. The number of H-pyrrole nitrogens is 2. The highest BCUT2D eigenvalue weighted by Crippen LogP contribution is 2.37. The Labute approximate surface area is 337 Å². The normalized spacial score (nSPS) is 21.8. The first-order chi connectivity index (χ1) is 28.3. The fourth-order valence-corrected chi connectivity index (χ4v) is 9.50. The number of ether oxygens (including phenoxy) is 3. The Morgan fingerprint density at radius 1 is 0.759 bits per heavy atom. The zero-order valence-electron chi connectivity index (χ0n) is 33.0. The lowest BCUT2D eigenvalue weighted by Gasteiger charge is -2.34. The van der Waals surface area contributed by atoms with Crippen LogP contribution in [0.1, 0.15) is 75.1 Å². The van der Waals surface area contributed by atoms with Crippen molar-refractivity contribution in [2.45, 2.75) is 75.5 Å². The number of aromatic nitrogens is 4. The van der Waals surface area contributed by atoms with Gasteiger partial charge in [-0.2, -0.15) is 0 Å². The van der Waals surface area contributed by atoms with Crippen molar-refractivity contribution in [1.82, 2.24) is 35.1 Å². The number of nitrogens with zero attached hydrogens (tertiary/aromatic N) is 4. The lowest BCUT2D eigenvalue weighted by Crippen LogP contribution is -2.53. The first kappa shape index (κ1) is 38.2. The molecule has 304 valence electrons. The molecule has 0 spiro atoms. The van der Waals surface area contributed by atoms with Crippen molar-refractivity contribution in [1.29, 1.82) is 0 Å². The number of methoxy groups -OCH3 is 1. The number of fused-ring (bicyclic) bond motifs is 2. The third-order valence-electron chi connectivity index (χ3n) is 12.8. The van der Waals surface area contributed by atoms with Gasteiger partial charge in [-0.3, -0.25) is 9.59 Å². The van der Waals surface area contributed by atoms with Crippen molar-refractivity contribution in [3.05, 3.63) is 72.4 Å². The maximum Gasteiger partial charge on any atom is 0.407 e. The van der Waals surface area contributed by atoms with E-state index in [4.69, 9.17) is 29.9 Å². The molecule has 5 N–H and O–H groups in total. The predicted octanol–water partition coefficient (Wildman–Crippen LogP) is 6.01. The van der Waals surface area contributed by atoms with Gasteiger partial charge in [-0.15, -0.1) is 0 Å². The number of carbonyl (C=O) groups excluding carboxylic acids is 3. The van der Waals surface area contributed by atoms with Gasteiger partial charge in [0.15, 0.2) is 0 Å². The number of hydrogen-bond donors (Lipinski definition) is 4. The fraction of sp³-hybridized carbons (Fsp3) is 0.477. The molecular weight excluding hydrogens is 737 g/mol. The van der Waals surface area contributed by atoms with Crippen molar-refractivity contribution in [2.75, 3.05) is 46.6 Å². The molecule has 9 rings (SSSR count). The highest BCUT2D eigenvalue weighted by atomic mass is 16.5. The van der Waals surface area contributed by atoms with Crippen LogP contribution < -0.4 is 11.1 Å². The maximum atomic E-state index is 14.0. The van der Waals surface area contributed by atoms with E-state index in [1.807, 2.05) is 22.1 Å². The Hall–Kier alpha value is -5.31. The SMILES string of the molecule is COC(=O)N[C@H](C(=O)N1CCC[C@H]1c1ncc(-c2ccc3cc(-c4ccc5nc([C@@H]6CCCN6C(=O)[C@@H](N)C6CCOCC6)[nH]c5c4)ccc3c2)[nH]1)C1CCOCC1. The largest absolute Gasteiger partial charge is 0.453 e. The third kappa shape index (κ3) is 7.56. The zero-order chi connectivity index (χ0) is 39.8. The van der Waals surface area contributed by atoms with Crippen LogP contribution in [0, 0.1) is 11.8 Å². The van der Waals surface area contributed by atoms with E-state index >= 15 is 0 Å². The molecule has 5 aromatic rings. The monoisotopic (exact) mass is 788 g/mol. The summed E-state index contributed by atoms with van der Waals surface area (Å²) in [7, 11) is 1.31. The predicted molar refractivity (Wildman–Crippen MR) is 218 cm³/mol. The Morgan fingerprint density at radius 3 is 2.07 bits per heavy atom. The van der Waals surface area contributed by atoms with Crippen LogP contribution in [-0.4, -0.2) is 106 Å². The van der Waals surface area contributed by atoms with E-state index in [0.29, 0.717) is 52.4 Å². The van der Waals surface area contributed by atoms with Crippen LogP contribution in [0.15, 0.2) is 60.8 Å². The van der Waals surface area contributed by atoms with E-state index in [-0.39, 0.29) is 35.7 Å². The van der Waals surface area contributed by atoms with Gasteiger partial charge in [0.05, 0.1) is 48.2 Å². The Kier molecular flexibility index (Phi) is 10.9. The number of likely N-dealkylation sites (tertiary alicyclic amines) is 2. The van der Waals surface area contributed by atoms with Gasteiger partial charge >= 0.3 is 6.09 Å². The molecule has 3 amide bonds. The van der Waals surface area contributed by atoms with E-state index in [1.165, 1.54) is 7.11 Å². The summed E-state index contributed by atoms with van der Waals surface area (Å²) < 4.78 is 15.9. The van der Waals surface area contributed by atoms with Gasteiger partial charge < -0.3 is 45.0 Å². The molecular formula is C44H52N8O6.